The summed E-state index contributed by atoms with van der Waals surface area (Å²) in [5.41, 5.74) is -0.945. The number of halogens is 1. The molecule has 0 spiro atoms. The summed E-state index contributed by atoms with van der Waals surface area (Å²) in [7, 11) is 0. The summed E-state index contributed by atoms with van der Waals surface area (Å²) >= 11 is 0. The molecule has 1 N–H and O–H groups in total. The zero-order chi connectivity index (χ0) is 17.7. The lowest BCUT2D eigenvalue weighted by Crippen LogP contribution is -2.36. The number of nitriles is 2. The molecule has 2 unspecified atom stereocenters. The van der Waals surface area contributed by atoms with Crippen LogP contribution in [0.4, 0.5) is 4.79 Å². The minimum Gasteiger partial charge on any atom is -0.444 e. The minimum absolute atomic E-state index is 0. The second-order valence-corrected chi connectivity index (χ2v) is 7.92. The number of carbonyl (C=O) groups excluding carboxylic acids is 1. The molecular formula is C17H29ClN4O2. The Balaban J connectivity index is 0.000000498. The molecule has 0 aromatic rings. The fraction of sp³-hybridized carbons (Fsp3) is 0.824. The molecule has 1 amide bonds. The predicted molar refractivity (Wildman–Crippen MR) is 94.6 cm³/mol. The Bertz CT molecular complexity index is 512. The Kier molecular flexibility index (Phi) is 8.02. The largest absolute Gasteiger partial charge is 0.444 e. The van der Waals surface area contributed by atoms with Crippen molar-refractivity contribution in [3.05, 3.63) is 0 Å². The van der Waals surface area contributed by atoms with Gasteiger partial charge in [-0.05, 0) is 54.0 Å². The molecule has 2 atom stereocenters. The first-order chi connectivity index (χ1) is 10.5. The van der Waals surface area contributed by atoms with Gasteiger partial charge in [0.1, 0.15) is 5.60 Å². The molecule has 0 saturated carbocycles. The van der Waals surface area contributed by atoms with Crippen LogP contribution < -0.4 is 5.32 Å². The van der Waals surface area contributed by atoms with Crippen LogP contribution in [0.1, 0.15) is 47.5 Å². The fourth-order valence-corrected chi connectivity index (χ4v) is 2.45. The van der Waals surface area contributed by atoms with Gasteiger partial charge >= 0.3 is 6.09 Å². The molecule has 2 heterocycles. The third-order valence-corrected chi connectivity index (χ3v) is 4.03. The molecule has 7 heteroatoms. The highest BCUT2D eigenvalue weighted by atomic mass is 35.5. The number of nitrogens with zero attached hydrogens (tertiary/aromatic N) is 3. The maximum absolute atomic E-state index is 11.7. The van der Waals surface area contributed by atoms with Crippen molar-refractivity contribution in [2.45, 2.75) is 53.1 Å². The number of nitrogens with one attached hydrogen (secondary N) is 1. The monoisotopic (exact) mass is 356 g/mol. The van der Waals surface area contributed by atoms with Gasteiger partial charge < -0.3 is 15.0 Å². The third kappa shape index (κ3) is 6.95. The van der Waals surface area contributed by atoms with E-state index >= 15 is 0 Å². The van der Waals surface area contributed by atoms with Crippen LogP contribution in [0.25, 0.3) is 0 Å². The van der Waals surface area contributed by atoms with Crippen molar-refractivity contribution >= 4 is 18.5 Å². The summed E-state index contributed by atoms with van der Waals surface area (Å²) < 4.78 is 5.24. The molecule has 6 nitrogen and oxygen atoms in total. The van der Waals surface area contributed by atoms with E-state index in [4.69, 9.17) is 15.3 Å². The Morgan fingerprint density at radius 2 is 1.75 bits per heavy atom. The number of rotatable bonds is 0. The third-order valence-electron chi connectivity index (χ3n) is 4.03. The van der Waals surface area contributed by atoms with Gasteiger partial charge in [0.2, 0.25) is 0 Å². The second-order valence-electron chi connectivity index (χ2n) is 7.92. The van der Waals surface area contributed by atoms with Gasteiger partial charge in [0.25, 0.3) is 0 Å². The summed E-state index contributed by atoms with van der Waals surface area (Å²) in [4.78, 5) is 13.3. The molecular weight excluding hydrogens is 328 g/mol. The van der Waals surface area contributed by atoms with E-state index in [9.17, 15) is 4.79 Å². The summed E-state index contributed by atoms with van der Waals surface area (Å²) in [5, 5.41) is 20.6. The van der Waals surface area contributed by atoms with Crippen LogP contribution in [0.5, 0.6) is 0 Å². The second kappa shape index (κ2) is 8.55. The molecule has 2 rings (SSSR count). The molecule has 2 saturated heterocycles. The van der Waals surface area contributed by atoms with Crippen LogP contribution in [-0.4, -0.2) is 42.8 Å². The summed E-state index contributed by atoms with van der Waals surface area (Å²) in [6, 6.07) is 4.52. The van der Waals surface area contributed by atoms with Crippen molar-refractivity contribution < 1.29 is 9.53 Å². The molecule has 0 aromatic heterocycles. The Morgan fingerprint density at radius 1 is 1.17 bits per heavy atom. The maximum Gasteiger partial charge on any atom is 0.410 e. The Hall–Kier alpha value is -1.50. The van der Waals surface area contributed by atoms with E-state index in [1.54, 1.807) is 4.90 Å². The van der Waals surface area contributed by atoms with Crippen LogP contribution in [0.3, 0.4) is 0 Å². The predicted octanol–water partition coefficient (Wildman–Crippen LogP) is 3.09. The Labute approximate surface area is 151 Å². The van der Waals surface area contributed by atoms with E-state index in [1.807, 2.05) is 34.6 Å². The number of carbonyl (C=O) groups is 1. The van der Waals surface area contributed by atoms with Crippen molar-refractivity contribution in [3.8, 4) is 12.1 Å². The fourth-order valence-electron chi connectivity index (χ4n) is 2.45. The standard InChI is InChI=1S/C11H18N2O2.C6H10N2.ClH/c1-10(2,3)15-9(14)13-6-5-11(4,7-12)8-13;1-6(4-7)2-3-8-5-6;/h5-6,8H2,1-4H3;8H,2-3,5H2,1H3;1H. The van der Waals surface area contributed by atoms with Crippen molar-refractivity contribution in [1.82, 2.24) is 10.2 Å². The van der Waals surface area contributed by atoms with Crippen molar-refractivity contribution in [2.75, 3.05) is 26.2 Å². The summed E-state index contributed by atoms with van der Waals surface area (Å²) in [5.74, 6) is 0. The van der Waals surface area contributed by atoms with Gasteiger partial charge in [0.05, 0.1) is 23.0 Å². The highest BCUT2D eigenvalue weighted by Crippen LogP contribution is 2.29. The lowest BCUT2D eigenvalue weighted by molar-refractivity contribution is 0.0283. The highest BCUT2D eigenvalue weighted by Gasteiger charge is 2.37. The van der Waals surface area contributed by atoms with Crippen molar-refractivity contribution in [2.24, 2.45) is 10.8 Å². The smallest absolute Gasteiger partial charge is 0.410 e. The number of ether oxygens (including phenoxy) is 1. The molecule has 0 aliphatic carbocycles. The van der Waals surface area contributed by atoms with Gasteiger partial charge in [0, 0.05) is 19.6 Å². The van der Waals surface area contributed by atoms with Crippen LogP contribution >= 0.6 is 12.4 Å². The van der Waals surface area contributed by atoms with Gasteiger partial charge in [-0.2, -0.15) is 10.5 Å². The summed E-state index contributed by atoms with van der Waals surface area (Å²) in [6.45, 7) is 12.3. The molecule has 0 radical (unpaired) electrons. The van der Waals surface area contributed by atoms with E-state index in [1.165, 1.54) is 0 Å². The van der Waals surface area contributed by atoms with E-state index in [-0.39, 0.29) is 23.9 Å². The molecule has 2 fully saturated rings. The van der Waals surface area contributed by atoms with Crippen molar-refractivity contribution in [1.29, 1.82) is 10.5 Å². The van der Waals surface area contributed by atoms with E-state index in [0.717, 1.165) is 25.9 Å². The average Bonchev–Trinajstić information content (AvgIpc) is 3.06. The van der Waals surface area contributed by atoms with Gasteiger partial charge in [-0.3, -0.25) is 0 Å². The molecule has 2 aliphatic heterocycles. The minimum atomic E-state index is -0.470. The molecule has 0 aromatic carbocycles. The summed E-state index contributed by atoms with van der Waals surface area (Å²) in [6.07, 6.45) is 1.41. The Morgan fingerprint density at radius 3 is 2.08 bits per heavy atom. The number of likely N-dealkylation sites (tertiary alicyclic amines) is 1. The van der Waals surface area contributed by atoms with Gasteiger partial charge in [-0.25, -0.2) is 4.79 Å². The quantitative estimate of drug-likeness (QED) is 0.720. The number of hydrogen-bond donors (Lipinski definition) is 1. The lowest BCUT2D eigenvalue weighted by atomic mass is 9.92. The van der Waals surface area contributed by atoms with Crippen LogP contribution in [0.15, 0.2) is 0 Å². The van der Waals surface area contributed by atoms with Gasteiger partial charge in [0.15, 0.2) is 0 Å². The van der Waals surface area contributed by atoms with Gasteiger partial charge in [-0.1, -0.05) is 0 Å². The SMILES string of the molecule is CC1(C#N)CCN(C(=O)OC(C)(C)C)C1.CC1(C#N)CCNC1.Cl. The van der Waals surface area contributed by atoms with Crippen LogP contribution in [-0.2, 0) is 4.74 Å². The topological polar surface area (TPSA) is 89.2 Å². The maximum atomic E-state index is 11.7. The van der Waals surface area contributed by atoms with E-state index < -0.39 is 11.0 Å². The van der Waals surface area contributed by atoms with E-state index in [0.29, 0.717) is 13.1 Å². The highest BCUT2D eigenvalue weighted by molar-refractivity contribution is 5.85. The number of hydrogen-bond acceptors (Lipinski definition) is 5. The first kappa shape index (κ1) is 22.5. The first-order valence-electron chi connectivity index (χ1n) is 8.04. The first-order valence-corrected chi connectivity index (χ1v) is 8.04. The van der Waals surface area contributed by atoms with Crippen molar-refractivity contribution in [3.63, 3.8) is 0 Å². The van der Waals surface area contributed by atoms with Gasteiger partial charge in [-0.15, -0.1) is 12.4 Å². The molecule has 136 valence electrons. The number of amides is 1. The van der Waals surface area contributed by atoms with Crippen LogP contribution in [0.2, 0.25) is 0 Å². The zero-order valence-electron chi connectivity index (χ0n) is 15.3. The average molecular weight is 357 g/mol. The molecule has 2 aliphatic rings. The van der Waals surface area contributed by atoms with E-state index in [2.05, 4.69) is 17.5 Å². The normalized spacial score (nSPS) is 28.7. The van der Waals surface area contributed by atoms with Crippen LogP contribution in [0, 0.1) is 33.5 Å². The zero-order valence-corrected chi connectivity index (χ0v) is 16.1. The molecule has 0 bridgehead atoms. The molecule has 24 heavy (non-hydrogen) atoms. The lowest BCUT2D eigenvalue weighted by Gasteiger charge is -2.24.